The Balaban J connectivity index is 2.06. The molecule has 106 valence electrons. The van der Waals surface area contributed by atoms with Crippen molar-refractivity contribution in [1.82, 2.24) is 10.3 Å². The fourth-order valence-corrected chi connectivity index (χ4v) is 1.94. The Labute approximate surface area is 117 Å². The molecule has 1 aromatic heterocycles. The second kappa shape index (κ2) is 6.60. The molecule has 2 amide bonds. The van der Waals surface area contributed by atoms with E-state index in [0.29, 0.717) is 13.1 Å². The minimum atomic E-state index is -0.501. The Bertz CT molecular complexity index is 601. The highest BCUT2D eigenvalue weighted by atomic mass is 16.5. The number of hydrogen-bond acceptors (Lipinski definition) is 4. The lowest BCUT2D eigenvalue weighted by molar-refractivity contribution is 0.249. The standard InChI is InChI=1S/C14H18N4O2/c1-20-11-8-10-4-2-5-17-13(10)12(9-11)16-6-3-7-18-14(15)19/h2,4-5,8-9,16H,3,6-7H2,1H3,(H3,15,18,19). The zero-order chi connectivity index (χ0) is 14.4. The van der Waals surface area contributed by atoms with Gasteiger partial charge in [0.1, 0.15) is 5.75 Å². The van der Waals surface area contributed by atoms with Gasteiger partial charge in [-0.05, 0) is 18.6 Å². The van der Waals surface area contributed by atoms with Crippen molar-refractivity contribution in [3.05, 3.63) is 30.5 Å². The maximum atomic E-state index is 10.6. The number of fused-ring (bicyclic) bond motifs is 1. The first-order valence-corrected chi connectivity index (χ1v) is 6.40. The molecule has 0 saturated heterocycles. The number of primary amides is 1. The Hall–Kier alpha value is -2.50. The first-order valence-electron chi connectivity index (χ1n) is 6.40. The number of ether oxygens (including phenoxy) is 1. The molecule has 0 aliphatic rings. The van der Waals surface area contributed by atoms with Gasteiger partial charge in [0.15, 0.2) is 0 Å². The Morgan fingerprint density at radius 3 is 3.00 bits per heavy atom. The van der Waals surface area contributed by atoms with Crippen LogP contribution >= 0.6 is 0 Å². The van der Waals surface area contributed by atoms with Crippen molar-refractivity contribution < 1.29 is 9.53 Å². The van der Waals surface area contributed by atoms with Crippen molar-refractivity contribution in [2.24, 2.45) is 5.73 Å². The van der Waals surface area contributed by atoms with E-state index in [9.17, 15) is 4.79 Å². The fourth-order valence-electron chi connectivity index (χ4n) is 1.94. The summed E-state index contributed by atoms with van der Waals surface area (Å²) >= 11 is 0. The number of amides is 2. The van der Waals surface area contributed by atoms with Gasteiger partial charge in [-0.15, -0.1) is 0 Å². The summed E-state index contributed by atoms with van der Waals surface area (Å²) in [5, 5.41) is 6.87. The Morgan fingerprint density at radius 1 is 1.40 bits per heavy atom. The van der Waals surface area contributed by atoms with Gasteiger partial charge >= 0.3 is 6.03 Å². The minimum Gasteiger partial charge on any atom is -0.497 e. The van der Waals surface area contributed by atoms with E-state index >= 15 is 0 Å². The molecule has 1 aromatic carbocycles. The van der Waals surface area contributed by atoms with E-state index in [0.717, 1.165) is 28.8 Å². The number of pyridine rings is 1. The Morgan fingerprint density at radius 2 is 2.25 bits per heavy atom. The molecule has 0 unspecified atom stereocenters. The van der Waals surface area contributed by atoms with Crippen LogP contribution in [0.2, 0.25) is 0 Å². The molecule has 0 saturated carbocycles. The van der Waals surface area contributed by atoms with E-state index in [1.54, 1.807) is 13.3 Å². The zero-order valence-electron chi connectivity index (χ0n) is 11.3. The van der Waals surface area contributed by atoms with Crippen molar-refractivity contribution in [3.8, 4) is 5.75 Å². The molecule has 6 heteroatoms. The minimum absolute atomic E-state index is 0.501. The monoisotopic (exact) mass is 274 g/mol. The summed E-state index contributed by atoms with van der Waals surface area (Å²) in [6.45, 7) is 1.25. The fraction of sp³-hybridized carbons (Fsp3) is 0.286. The smallest absolute Gasteiger partial charge is 0.312 e. The van der Waals surface area contributed by atoms with Crippen LogP contribution in [0.4, 0.5) is 10.5 Å². The molecule has 0 aliphatic carbocycles. The van der Waals surface area contributed by atoms with Crippen LogP contribution in [0.15, 0.2) is 30.5 Å². The van der Waals surface area contributed by atoms with Crippen molar-refractivity contribution in [1.29, 1.82) is 0 Å². The lowest BCUT2D eigenvalue weighted by atomic mass is 10.1. The third-order valence-corrected chi connectivity index (χ3v) is 2.88. The normalized spacial score (nSPS) is 10.2. The molecule has 4 N–H and O–H groups in total. The van der Waals surface area contributed by atoms with Gasteiger partial charge in [0.25, 0.3) is 0 Å². The summed E-state index contributed by atoms with van der Waals surface area (Å²) < 4.78 is 5.28. The second-order valence-electron chi connectivity index (χ2n) is 4.32. The van der Waals surface area contributed by atoms with Crippen molar-refractivity contribution in [2.45, 2.75) is 6.42 Å². The molecule has 20 heavy (non-hydrogen) atoms. The third-order valence-electron chi connectivity index (χ3n) is 2.88. The first kappa shape index (κ1) is 13.9. The van der Waals surface area contributed by atoms with Crippen LogP contribution in [-0.4, -0.2) is 31.2 Å². The quantitative estimate of drug-likeness (QED) is 0.700. The van der Waals surface area contributed by atoms with Gasteiger partial charge in [-0.1, -0.05) is 6.07 Å². The van der Waals surface area contributed by atoms with Gasteiger partial charge in [0.2, 0.25) is 0 Å². The predicted molar refractivity (Wildman–Crippen MR) is 79.0 cm³/mol. The molecular weight excluding hydrogens is 256 g/mol. The van der Waals surface area contributed by atoms with Crippen LogP contribution in [0.25, 0.3) is 10.9 Å². The van der Waals surface area contributed by atoms with E-state index < -0.39 is 6.03 Å². The van der Waals surface area contributed by atoms with Gasteiger partial charge < -0.3 is 21.1 Å². The maximum Gasteiger partial charge on any atom is 0.312 e. The van der Waals surface area contributed by atoms with Gasteiger partial charge in [0, 0.05) is 30.7 Å². The molecule has 2 aromatic rings. The number of nitrogens with one attached hydrogen (secondary N) is 2. The molecule has 0 atom stereocenters. The molecular formula is C14H18N4O2. The van der Waals surface area contributed by atoms with Gasteiger partial charge in [0.05, 0.1) is 18.3 Å². The predicted octanol–water partition coefficient (Wildman–Crippen LogP) is 1.71. The van der Waals surface area contributed by atoms with Crippen LogP contribution < -0.4 is 21.1 Å². The number of nitrogens with two attached hydrogens (primary N) is 1. The number of nitrogens with zero attached hydrogens (tertiary/aromatic N) is 1. The average molecular weight is 274 g/mol. The number of anilines is 1. The number of rotatable bonds is 6. The van der Waals surface area contributed by atoms with Crippen LogP contribution in [0.1, 0.15) is 6.42 Å². The van der Waals surface area contributed by atoms with Gasteiger partial charge in [-0.2, -0.15) is 0 Å². The highest BCUT2D eigenvalue weighted by Gasteiger charge is 2.05. The van der Waals surface area contributed by atoms with Crippen LogP contribution in [0, 0.1) is 0 Å². The molecule has 2 rings (SSSR count). The summed E-state index contributed by atoms with van der Waals surface area (Å²) in [5.74, 6) is 0.781. The third kappa shape index (κ3) is 3.50. The SMILES string of the molecule is COc1cc(NCCCNC(N)=O)c2ncccc2c1. The van der Waals surface area contributed by atoms with Crippen molar-refractivity contribution in [2.75, 3.05) is 25.5 Å². The van der Waals surface area contributed by atoms with E-state index in [1.807, 2.05) is 24.3 Å². The van der Waals surface area contributed by atoms with Crippen LogP contribution in [-0.2, 0) is 0 Å². The number of urea groups is 1. The number of carbonyl (C=O) groups excluding carboxylic acids is 1. The van der Waals surface area contributed by atoms with E-state index in [-0.39, 0.29) is 0 Å². The van der Waals surface area contributed by atoms with Crippen LogP contribution in [0.3, 0.4) is 0 Å². The topological polar surface area (TPSA) is 89.3 Å². The lowest BCUT2D eigenvalue weighted by Crippen LogP contribution is -2.30. The number of carbonyl (C=O) groups is 1. The number of hydrogen-bond donors (Lipinski definition) is 3. The highest BCUT2D eigenvalue weighted by molar-refractivity contribution is 5.91. The largest absolute Gasteiger partial charge is 0.497 e. The van der Waals surface area contributed by atoms with Gasteiger partial charge in [-0.25, -0.2) is 4.79 Å². The van der Waals surface area contributed by atoms with Crippen LogP contribution in [0.5, 0.6) is 5.75 Å². The molecule has 0 radical (unpaired) electrons. The number of aromatic nitrogens is 1. The number of methoxy groups -OCH3 is 1. The van der Waals surface area contributed by atoms with E-state index in [1.165, 1.54) is 0 Å². The molecule has 0 aliphatic heterocycles. The molecule has 0 spiro atoms. The zero-order valence-corrected chi connectivity index (χ0v) is 11.3. The summed E-state index contributed by atoms with van der Waals surface area (Å²) in [5.41, 5.74) is 6.82. The Kier molecular flexibility index (Phi) is 4.60. The summed E-state index contributed by atoms with van der Waals surface area (Å²) in [7, 11) is 1.64. The number of benzene rings is 1. The molecule has 0 bridgehead atoms. The first-order chi connectivity index (χ1) is 9.70. The second-order valence-corrected chi connectivity index (χ2v) is 4.32. The van der Waals surface area contributed by atoms with E-state index in [2.05, 4.69) is 15.6 Å². The average Bonchev–Trinajstić information content (AvgIpc) is 2.46. The summed E-state index contributed by atoms with van der Waals surface area (Å²) in [6.07, 6.45) is 2.53. The molecule has 1 heterocycles. The maximum absolute atomic E-state index is 10.6. The highest BCUT2D eigenvalue weighted by Crippen LogP contribution is 2.27. The molecule has 6 nitrogen and oxygen atoms in total. The lowest BCUT2D eigenvalue weighted by Gasteiger charge is -2.11. The summed E-state index contributed by atoms with van der Waals surface area (Å²) in [6, 6.07) is 7.24. The van der Waals surface area contributed by atoms with Crippen molar-refractivity contribution in [3.63, 3.8) is 0 Å². The van der Waals surface area contributed by atoms with Crippen molar-refractivity contribution >= 4 is 22.6 Å². The molecule has 0 fully saturated rings. The van der Waals surface area contributed by atoms with Gasteiger partial charge in [-0.3, -0.25) is 4.98 Å². The van der Waals surface area contributed by atoms with E-state index in [4.69, 9.17) is 10.5 Å². The summed E-state index contributed by atoms with van der Waals surface area (Å²) in [4.78, 5) is 14.9.